The van der Waals surface area contributed by atoms with Gasteiger partial charge in [0.25, 0.3) is 0 Å². The van der Waals surface area contributed by atoms with Gasteiger partial charge in [-0.15, -0.1) is 0 Å². The van der Waals surface area contributed by atoms with Gasteiger partial charge in [-0.25, -0.2) is 4.79 Å². The maximum Gasteiger partial charge on any atom is 0.339 e. The largest absolute Gasteiger partial charge is 0.465 e. The number of hydrogen-bond donors (Lipinski definition) is 1. The molecule has 0 heterocycles. The Morgan fingerprint density at radius 2 is 1.76 bits per heavy atom. The van der Waals surface area contributed by atoms with E-state index in [-0.39, 0.29) is 12.5 Å². The van der Waals surface area contributed by atoms with Crippen LogP contribution in [0.25, 0.3) is 0 Å². The molecule has 1 aromatic carbocycles. The van der Waals surface area contributed by atoms with E-state index < -0.39 is 5.97 Å². The summed E-state index contributed by atoms with van der Waals surface area (Å²) >= 11 is 0. The van der Waals surface area contributed by atoms with E-state index >= 15 is 0 Å². The second-order valence-corrected chi connectivity index (χ2v) is 4.77. The summed E-state index contributed by atoms with van der Waals surface area (Å²) in [6.07, 6.45) is 1.87. The Morgan fingerprint density at radius 3 is 2.33 bits per heavy atom. The van der Waals surface area contributed by atoms with Crippen LogP contribution in [0.2, 0.25) is 0 Å². The van der Waals surface area contributed by atoms with Crippen LogP contribution in [0, 0.1) is 0 Å². The quantitative estimate of drug-likeness (QED) is 0.748. The van der Waals surface area contributed by atoms with E-state index in [2.05, 4.69) is 19.2 Å². The van der Waals surface area contributed by atoms with Gasteiger partial charge in [0.05, 0.1) is 19.2 Å². The lowest BCUT2D eigenvalue weighted by molar-refractivity contribution is -0.129. The Hall–Kier alpha value is -2.04. The molecular weight excluding hydrogens is 268 g/mol. The van der Waals surface area contributed by atoms with Crippen molar-refractivity contribution in [3.8, 4) is 0 Å². The van der Waals surface area contributed by atoms with Gasteiger partial charge in [-0.3, -0.25) is 4.79 Å². The van der Waals surface area contributed by atoms with E-state index in [0.29, 0.717) is 11.3 Å². The first-order chi connectivity index (χ1) is 10.1. The number of rotatable bonds is 8. The van der Waals surface area contributed by atoms with Crippen molar-refractivity contribution in [1.29, 1.82) is 0 Å². The highest BCUT2D eigenvalue weighted by atomic mass is 16.5. The van der Waals surface area contributed by atoms with Crippen LogP contribution in [0.15, 0.2) is 24.3 Å². The van der Waals surface area contributed by atoms with Crippen LogP contribution in [0.4, 0.5) is 5.69 Å². The third-order valence-corrected chi connectivity index (χ3v) is 3.10. The number of amides is 1. The van der Waals surface area contributed by atoms with Gasteiger partial charge in [-0.05, 0) is 25.0 Å². The number of nitrogens with one attached hydrogen (secondary N) is 1. The number of nitrogens with zero attached hydrogens (tertiary/aromatic N) is 1. The van der Waals surface area contributed by atoms with Crippen LogP contribution in [-0.4, -0.2) is 43.5 Å². The van der Waals surface area contributed by atoms with Crippen molar-refractivity contribution in [3.63, 3.8) is 0 Å². The fourth-order valence-electron chi connectivity index (χ4n) is 2.11. The number of ether oxygens (including phenoxy) is 1. The first-order valence-corrected chi connectivity index (χ1v) is 7.33. The number of para-hydroxylation sites is 1. The van der Waals surface area contributed by atoms with Crippen LogP contribution in [-0.2, 0) is 9.53 Å². The summed E-state index contributed by atoms with van der Waals surface area (Å²) in [5.74, 6) is -0.372. The minimum absolute atomic E-state index is 0.0402. The molecule has 0 saturated carbocycles. The summed E-state index contributed by atoms with van der Waals surface area (Å²) in [6, 6.07) is 7.02. The molecule has 0 spiro atoms. The predicted molar refractivity (Wildman–Crippen MR) is 83.4 cm³/mol. The average Bonchev–Trinajstić information content (AvgIpc) is 2.52. The molecular formula is C16H24N2O3. The Morgan fingerprint density at radius 1 is 1.14 bits per heavy atom. The molecule has 5 nitrogen and oxygen atoms in total. The summed E-state index contributed by atoms with van der Waals surface area (Å²) in [7, 11) is 1.34. The monoisotopic (exact) mass is 292 g/mol. The minimum Gasteiger partial charge on any atom is -0.465 e. The van der Waals surface area contributed by atoms with Crippen molar-refractivity contribution >= 4 is 17.6 Å². The fourth-order valence-corrected chi connectivity index (χ4v) is 2.11. The molecule has 0 fully saturated rings. The van der Waals surface area contributed by atoms with Crippen LogP contribution in [0.1, 0.15) is 37.0 Å². The summed E-state index contributed by atoms with van der Waals surface area (Å²) in [5.41, 5.74) is 1.05. The fraction of sp³-hybridized carbons (Fsp3) is 0.500. The molecule has 5 heteroatoms. The van der Waals surface area contributed by atoms with E-state index in [1.165, 1.54) is 7.11 Å². The topological polar surface area (TPSA) is 58.6 Å². The van der Waals surface area contributed by atoms with Gasteiger partial charge in [0.15, 0.2) is 0 Å². The molecule has 0 atom stereocenters. The number of anilines is 1. The number of benzene rings is 1. The Balaban J connectivity index is 2.70. The number of carbonyl (C=O) groups excluding carboxylic acids is 2. The van der Waals surface area contributed by atoms with Crippen molar-refractivity contribution in [1.82, 2.24) is 4.90 Å². The van der Waals surface area contributed by atoms with Gasteiger partial charge in [0.2, 0.25) is 5.91 Å². The maximum absolute atomic E-state index is 12.2. The molecule has 116 valence electrons. The molecule has 0 aliphatic carbocycles. The second kappa shape index (κ2) is 9.00. The molecule has 0 aliphatic heterocycles. The number of hydrogen-bond acceptors (Lipinski definition) is 4. The smallest absolute Gasteiger partial charge is 0.339 e. The standard InChI is InChI=1S/C16H24N2O3/c1-4-10-18(11-5-2)15(19)12-17-14-9-7-6-8-13(14)16(20)21-3/h6-9,17H,4-5,10-12H2,1-3H3. The Kier molecular flexibility index (Phi) is 7.29. The second-order valence-electron chi connectivity index (χ2n) is 4.77. The zero-order valence-corrected chi connectivity index (χ0v) is 13.0. The molecule has 1 N–H and O–H groups in total. The SMILES string of the molecule is CCCN(CCC)C(=O)CNc1ccccc1C(=O)OC. The van der Waals surface area contributed by atoms with Gasteiger partial charge in [0, 0.05) is 18.8 Å². The highest BCUT2D eigenvalue weighted by Crippen LogP contribution is 2.15. The van der Waals surface area contributed by atoms with Crippen molar-refractivity contribution in [2.45, 2.75) is 26.7 Å². The molecule has 0 bridgehead atoms. The van der Waals surface area contributed by atoms with Crippen molar-refractivity contribution < 1.29 is 14.3 Å². The molecule has 0 saturated heterocycles. The lowest BCUT2D eigenvalue weighted by Gasteiger charge is -2.22. The summed E-state index contributed by atoms with van der Waals surface area (Å²) in [5, 5.41) is 3.03. The van der Waals surface area contributed by atoms with Crippen molar-refractivity contribution in [3.05, 3.63) is 29.8 Å². The molecule has 0 aromatic heterocycles. The van der Waals surface area contributed by atoms with Crippen LogP contribution in [0.3, 0.4) is 0 Å². The molecule has 0 aliphatic rings. The molecule has 1 amide bonds. The first kappa shape index (κ1) is 17.0. The van der Waals surface area contributed by atoms with Crippen molar-refractivity contribution in [2.24, 2.45) is 0 Å². The molecule has 1 aromatic rings. The minimum atomic E-state index is -0.412. The normalized spacial score (nSPS) is 10.0. The first-order valence-electron chi connectivity index (χ1n) is 7.33. The van der Waals surface area contributed by atoms with E-state index in [0.717, 1.165) is 25.9 Å². The highest BCUT2D eigenvalue weighted by Gasteiger charge is 2.14. The van der Waals surface area contributed by atoms with Gasteiger partial charge >= 0.3 is 5.97 Å². The third-order valence-electron chi connectivity index (χ3n) is 3.10. The van der Waals surface area contributed by atoms with Crippen LogP contribution < -0.4 is 5.32 Å². The Labute approximate surface area is 126 Å². The number of methoxy groups -OCH3 is 1. The van der Waals surface area contributed by atoms with Crippen LogP contribution >= 0.6 is 0 Å². The molecule has 21 heavy (non-hydrogen) atoms. The summed E-state index contributed by atoms with van der Waals surface area (Å²) in [6.45, 7) is 5.79. The number of carbonyl (C=O) groups is 2. The molecule has 0 radical (unpaired) electrons. The van der Waals surface area contributed by atoms with E-state index in [1.807, 2.05) is 11.0 Å². The van der Waals surface area contributed by atoms with Crippen molar-refractivity contribution in [2.75, 3.05) is 32.1 Å². The predicted octanol–water partition coefficient (Wildman–Crippen LogP) is 2.53. The third kappa shape index (κ3) is 5.10. The maximum atomic E-state index is 12.2. The zero-order valence-electron chi connectivity index (χ0n) is 13.0. The lowest BCUT2D eigenvalue weighted by Crippen LogP contribution is -2.36. The molecule has 1 rings (SSSR count). The van der Waals surface area contributed by atoms with Gasteiger partial charge in [0.1, 0.15) is 0 Å². The van der Waals surface area contributed by atoms with Crippen LogP contribution in [0.5, 0.6) is 0 Å². The van der Waals surface area contributed by atoms with Gasteiger partial charge < -0.3 is 15.0 Å². The van der Waals surface area contributed by atoms with Gasteiger partial charge in [-0.2, -0.15) is 0 Å². The van der Waals surface area contributed by atoms with E-state index in [4.69, 9.17) is 4.74 Å². The summed E-state index contributed by atoms with van der Waals surface area (Å²) in [4.78, 5) is 25.7. The number of esters is 1. The van der Waals surface area contributed by atoms with E-state index in [1.54, 1.807) is 18.2 Å². The molecule has 0 unspecified atom stereocenters. The Bertz CT molecular complexity index is 468. The zero-order chi connectivity index (χ0) is 15.7. The average molecular weight is 292 g/mol. The van der Waals surface area contributed by atoms with Gasteiger partial charge in [-0.1, -0.05) is 26.0 Å². The summed E-state index contributed by atoms with van der Waals surface area (Å²) < 4.78 is 4.73. The highest BCUT2D eigenvalue weighted by molar-refractivity contribution is 5.96. The lowest BCUT2D eigenvalue weighted by atomic mass is 10.2. The van der Waals surface area contributed by atoms with E-state index in [9.17, 15) is 9.59 Å².